The second kappa shape index (κ2) is 16.4. The van der Waals surface area contributed by atoms with Crippen molar-refractivity contribution in [3.8, 4) is 17.2 Å². The molecule has 2 heterocycles. The lowest BCUT2D eigenvalue weighted by atomic mass is 9.93. The van der Waals surface area contributed by atoms with Gasteiger partial charge in [-0.3, -0.25) is 9.36 Å². The fraction of sp³-hybridized carbons (Fsp3) is 0.289. The van der Waals surface area contributed by atoms with Gasteiger partial charge in [0.2, 0.25) is 0 Å². The van der Waals surface area contributed by atoms with E-state index in [1.165, 1.54) is 23.0 Å². The molecule has 8 nitrogen and oxygen atoms in total. The monoisotopic (exact) mass is 720 g/mol. The minimum Gasteiger partial charge on any atom is -0.496 e. The molecule has 256 valence electrons. The van der Waals surface area contributed by atoms with Crippen LogP contribution in [0.25, 0.3) is 6.08 Å². The van der Waals surface area contributed by atoms with Crippen molar-refractivity contribution in [1.82, 2.24) is 4.57 Å². The highest BCUT2D eigenvalue weighted by molar-refractivity contribution is 7.07. The van der Waals surface area contributed by atoms with Crippen molar-refractivity contribution in [2.45, 2.75) is 52.7 Å². The molecule has 0 fully saturated rings. The van der Waals surface area contributed by atoms with Gasteiger partial charge in [0.05, 0.1) is 36.1 Å². The molecular weight excluding hydrogens is 683 g/mol. The number of ether oxygens (including phenoxy) is 4. The van der Waals surface area contributed by atoms with Gasteiger partial charge < -0.3 is 18.9 Å². The lowest BCUT2D eigenvalue weighted by Gasteiger charge is -2.27. The second-order valence-electron chi connectivity index (χ2n) is 11.1. The third-order valence-electron chi connectivity index (χ3n) is 7.82. The number of carbonyl (C=O) groups excluding carboxylic acids is 1. The Bertz CT molecular complexity index is 2080. The van der Waals surface area contributed by atoms with Gasteiger partial charge in [-0.1, -0.05) is 72.2 Å². The largest absolute Gasteiger partial charge is 0.496 e. The van der Waals surface area contributed by atoms with Crippen LogP contribution in [-0.2, 0) is 22.6 Å². The van der Waals surface area contributed by atoms with E-state index in [1.807, 2.05) is 50.2 Å². The first kappa shape index (κ1) is 36.0. The highest BCUT2D eigenvalue weighted by Gasteiger charge is 2.36. The summed E-state index contributed by atoms with van der Waals surface area (Å²) < 4.78 is 25.5. The van der Waals surface area contributed by atoms with E-state index in [4.69, 9.17) is 47.1 Å². The summed E-state index contributed by atoms with van der Waals surface area (Å²) >= 11 is 14.1. The number of thiazole rings is 1. The van der Waals surface area contributed by atoms with Crippen LogP contribution in [0.4, 0.5) is 0 Å². The highest BCUT2D eigenvalue weighted by atomic mass is 35.5. The second-order valence-corrected chi connectivity index (χ2v) is 13.0. The maximum atomic E-state index is 14.4. The van der Waals surface area contributed by atoms with Gasteiger partial charge in [0.25, 0.3) is 5.56 Å². The Morgan fingerprint density at radius 2 is 1.82 bits per heavy atom. The summed E-state index contributed by atoms with van der Waals surface area (Å²) in [5.41, 5.74) is 3.49. The zero-order chi connectivity index (χ0) is 35.1. The number of hydrogen-bond donors (Lipinski definition) is 0. The molecule has 11 heteroatoms. The van der Waals surface area contributed by atoms with Crippen LogP contribution in [0.15, 0.2) is 88.3 Å². The quantitative estimate of drug-likeness (QED) is 0.0985. The van der Waals surface area contributed by atoms with Crippen molar-refractivity contribution in [3.05, 3.63) is 131 Å². The van der Waals surface area contributed by atoms with Gasteiger partial charge in [-0.05, 0) is 74.7 Å². The molecule has 1 aliphatic rings. The molecular formula is C38H38Cl2N2O6S. The lowest BCUT2D eigenvalue weighted by molar-refractivity contribution is -0.139. The Morgan fingerprint density at radius 1 is 1.02 bits per heavy atom. The van der Waals surface area contributed by atoms with Gasteiger partial charge in [-0.15, -0.1) is 6.58 Å². The van der Waals surface area contributed by atoms with E-state index in [9.17, 15) is 9.59 Å². The van der Waals surface area contributed by atoms with E-state index in [0.29, 0.717) is 67.3 Å². The predicted molar refractivity (Wildman–Crippen MR) is 195 cm³/mol. The number of rotatable bonds is 14. The molecule has 0 aliphatic carbocycles. The third kappa shape index (κ3) is 7.80. The number of allylic oxidation sites excluding steroid dienone is 2. The van der Waals surface area contributed by atoms with Crippen molar-refractivity contribution in [2.75, 3.05) is 20.3 Å². The number of methoxy groups -OCH3 is 1. The average molecular weight is 722 g/mol. The van der Waals surface area contributed by atoms with E-state index in [1.54, 1.807) is 37.3 Å². The van der Waals surface area contributed by atoms with Gasteiger partial charge in [-0.2, -0.15) is 0 Å². The molecule has 3 aromatic carbocycles. The van der Waals surface area contributed by atoms with Crippen LogP contribution < -0.4 is 29.1 Å². The maximum absolute atomic E-state index is 14.4. The zero-order valence-electron chi connectivity index (χ0n) is 27.9. The van der Waals surface area contributed by atoms with E-state index < -0.39 is 12.0 Å². The van der Waals surface area contributed by atoms with Gasteiger partial charge >= 0.3 is 5.97 Å². The Kier molecular flexibility index (Phi) is 12.0. The summed E-state index contributed by atoms with van der Waals surface area (Å²) in [7, 11) is 1.54. The van der Waals surface area contributed by atoms with E-state index in [-0.39, 0.29) is 24.3 Å². The molecule has 1 aliphatic heterocycles. The molecule has 1 atom stereocenters. The zero-order valence-corrected chi connectivity index (χ0v) is 30.2. The predicted octanol–water partition coefficient (Wildman–Crippen LogP) is 7.60. The van der Waals surface area contributed by atoms with Gasteiger partial charge in [-0.25, -0.2) is 9.79 Å². The van der Waals surface area contributed by atoms with Gasteiger partial charge in [0, 0.05) is 26.7 Å². The third-order valence-corrected chi connectivity index (χ3v) is 9.41. The number of aromatic nitrogens is 1. The molecule has 49 heavy (non-hydrogen) atoms. The first-order valence-electron chi connectivity index (χ1n) is 16.1. The van der Waals surface area contributed by atoms with Crippen molar-refractivity contribution < 1.29 is 23.7 Å². The summed E-state index contributed by atoms with van der Waals surface area (Å²) in [4.78, 5) is 33.3. The van der Waals surface area contributed by atoms with Crippen LogP contribution in [0.3, 0.4) is 0 Å². The molecule has 0 radical (unpaired) electrons. The first-order valence-corrected chi connectivity index (χ1v) is 17.6. The topological polar surface area (TPSA) is 88.4 Å². The first-order chi connectivity index (χ1) is 23.7. The minimum absolute atomic E-state index is 0.166. The average Bonchev–Trinajstić information content (AvgIpc) is 3.38. The summed E-state index contributed by atoms with van der Waals surface area (Å²) in [5, 5.41) is 1.05. The van der Waals surface area contributed by atoms with Gasteiger partial charge in [0.1, 0.15) is 18.4 Å². The van der Waals surface area contributed by atoms with E-state index in [0.717, 1.165) is 23.1 Å². The number of hydrogen-bond acceptors (Lipinski definition) is 8. The summed E-state index contributed by atoms with van der Waals surface area (Å²) in [6.07, 6.45) is 5.33. The fourth-order valence-electron chi connectivity index (χ4n) is 5.75. The number of benzene rings is 3. The van der Waals surface area contributed by atoms with Crippen LogP contribution >= 0.6 is 34.5 Å². The number of carbonyl (C=O) groups is 1. The minimum atomic E-state index is -0.872. The molecule has 5 rings (SSSR count). The standard InChI is InChI=1S/C38H38Cl2N2O6S/c1-6-12-24-18-23(19-31(46-8-3)35(24)48-22-25-14-10-11-15-28(25)40)20-32-36(43)42-34(27-21-26(39)16-17-30(27)45-5)33(37(44)47-9-4)29(13-7-2)41-38(42)49-32/h6,10-11,14-21,34H,1,7-9,12-13,22H2,2-5H3/b32-20-/t34-/m1/s1. The van der Waals surface area contributed by atoms with Crippen molar-refractivity contribution in [2.24, 2.45) is 4.99 Å². The Morgan fingerprint density at radius 3 is 2.51 bits per heavy atom. The van der Waals surface area contributed by atoms with Gasteiger partial charge in [0.15, 0.2) is 16.3 Å². The summed E-state index contributed by atoms with van der Waals surface area (Å²) in [6, 6.07) is 15.6. The molecule has 0 bridgehead atoms. The number of fused-ring (bicyclic) bond motifs is 1. The molecule has 0 unspecified atom stereocenters. The summed E-state index contributed by atoms with van der Waals surface area (Å²) in [5.74, 6) is 1.05. The Hall–Kier alpha value is -4.31. The molecule has 0 amide bonds. The maximum Gasteiger partial charge on any atom is 0.338 e. The van der Waals surface area contributed by atoms with Crippen LogP contribution in [-0.4, -0.2) is 30.9 Å². The van der Waals surface area contributed by atoms with Crippen LogP contribution in [0.2, 0.25) is 10.0 Å². The van der Waals surface area contributed by atoms with Crippen molar-refractivity contribution in [3.63, 3.8) is 0 Å². The smallest absolute Gasteiger partial charge is 0.338 e. The molecule has 1 aromatic heterocycles. The molecule has 0 saturated carbocycles. The van der Waals surface area contributed by atoms with Crippen molar-refractivity contribution in [1.29, 1.82) is 0 Å². The highest BCUT2D eigenvalue weighted by Crippen LogP contribution is 2.39. The molecule has 0 saturated heterocycles. The Labute approximate surface area is 299 Å². The molecule has 0 spiro atoms. The van der Waals surface area contributed by atoms with E-state index >= 15 is 0 Å². The van der Waals surface area contributed by atoms with Crippen LogP contribution in [0.1, 0.15) is 61.9 Å². The molecule has 0 N–H and O–H groups in total. The normalized spacial score (nSPS) is 14.2. The fourth-order valence-corrected chi connectivity index (χ4v) is 7.14. The lowest BCUT2D eigenvalue weighted by Crippen LogP contribution is -2.40. The Balaban J connectivity index is 1.70. The van der Waals surface area contributed by atoms with Crippen LogP contribution in [0, 0.1) is 0 Å². The number of halogens is 2. The van der Waals surface area contributed by atoms with Crippen molar-refractivity contribution >= 4 is 46.6 Å². The SMILES string of the molecule is C=CCc1cc(/C=c2\sc3n(c2=O)[C@H](c2cc(Cl)ccc2OC)C(C(=O)OCC)=C(CCC)N=3)cc(OCC)c1OCc1ccccc1Cl. The van der Waals surface area contributed by atoms with Crippen LogP contribution in [0.5, 0.6) is 17.2 Å². The van der Waals surface area contributed by atoms with E-state index in [2.05, 4.69) is 6.58 Å². The number of nitrogens with zero attached hydrogens (tertiary/aromatic N) is 2. The molecule has 4 aromatic rings. The summed E-state index contributed by atoms with van der Waals surface area (Å²) in [6.45, 7) is 10.4. The number of esters is 1.